The third-order valence-electron chi connectivity index (χ3n) is 4.13. The van der Waals surface area contributed by atoms with Crippen LogP contribution in [0.1, 0.15) is 32.8 Å². The molecule has 1 aliphatic rings. The summed E-state index contributed by atoms with van der Waals surface area (Å²) < 4.78 is 38.3. The number of nitrogens with zero attached hydrogens (tertiary/aromatic N) is 3. The second-order valence-corrected chi connectivity index (χ2v) is 8.23. The van der Waals surface area contributed by atoms with Gasteiger partial charge in [-0.25, -0.2) is 4.98 Å². The molecule has 0 bridgehead atoms. The Kier molecular flexibility index (Phi) is 7.20. The van der Waals surface area contributed by atoms with Gasteiger partial charge in [0.25, 0.3) is 0 Å². The van der Waals surface area contributed by atoms with Crippen LogP contribution in [0.4, 0.5) is 19.0 Å². The molecule has 1 aromatic rings. The summed E-state index contributed by atoms with van der Waals surface area (Å²) in [6.45, 7) is 6.83. The number of anilines is 1. The van der Waals surface area contributed by atoms with Crippen LogP contribution in [0.5, 0.6) is 0 Å². The van der Waals surface area contributed by atoms with Crippen molar-refractivity contribution >= 4 is 29.3 Å². The van der Waals surface area contributed by atoms with Crippen molar-refractivity contribution in [2.75, 3.05) is 31.6 Å². The number of aromatic nitrogens is 1. The van der Waals surface area contributed by atoms with Gasteiger partial charge >= 0.3 is 6.18 Å². The number of nitrogens with one attached hydrogen (secondary N) is 3. The van der Waals surface area contributed by atoms with Crippen molar-refractivity contribution in [2.45, 2.75) is 44.9 Å². The molecule has 0 radical (unpaired) electrons. The molecular formula is C18H26ClF3N6O. The normalized spacial score (nSPS) is 18.0. The number of hydrogen-bond donors (Lipinski definition) is 3. The summed E-state index contributed by atoms with van der Waals surface area (Å²) in [7, 11) is 1.60. The Hall–Kier alpha value is -2.23. The van der Waals surface area contributed by atoms with Crippen molar-refractivity contribution in [1.82, 2.24) is 20.9 Å². The zero-order chi connectivity index (χ0) is 21.8. The lowest BCUT2D eigenvalue weighted by Gasteiger charge is -2.22. The first kappa shape index (κ1) is 23.1. The maximum absolute atomic E-state index is 12.8. The van der Waals surface area contributed by atoms with Gasteiger partial charge in [-0.3, -0.25) is 9.79 Å². The summed E-state index contributed by atoms with van der Waals surface area (Å²) in [5, 5.41) is 8.96. The molecule has 2 rings (SSSR count). The highest BCUT2D eigenvalue weighted by Gasteiger charge is 2.33. The number of alkyl halides is 3. The lowest BCUT2D eigenvalue weighted by Crippen LogP contribution is -2.50. The molecule has 2 heterocycles. The van der Waals surface area contributed by atoms with Gasteiger partial charge in [-0.1, -0.05) is 11.6 Å². The number of pyridine rings is 1. The van der Waals surface area contributed by atoms with Crippen LogP contribution < -0.4 is 20.9 Å². The van der Waals surface area contributed by atoms with Gasteiger partial charge in [0.1, 0.15) is 5.82 Å². The van der Waals surface area contributed by atoms with Crippen LogP contribution in [0, 0.1) is 0 Å². The Balaban J connectivity index is 1.91. The molecule has 1 unspecified atom stereocenters. The van der Waals surface area contributed by atoms with Gasteiger partial charge in [-0.2, -0.15) is 13.2 Å². The van der Waals surface area contributed by atoms with Crippen molar-refractivity contribution < 1.29 is 18.0 Å². The number of amides is 1. The van der Waals surface area contributed by atoms with Gasteiger partial charge in [-0.15, -0.1) is 0 Å². The fourth-order valence-electron chi connectivity index (χ4n) is 2.90. The molecule has 0 aromatic carbocycles. The number of hydrogen-bond acceptors (Lipinski definition) is 4. The van der Waals surface area contributed by atoms with E-state index >= 15 is 0 Å². The van der Waals surface area contributed by atoms with Crippen LogP contribution in [0.3, 0.4) is 0 Å². The second kappa shape index (κ2) is 9.06. The average molecular weight is 435 g/mol. The summed E-state index contributed by atoms with van der Waals surface area (Å²) in [6.07, 6.45) is -2.98. The minimum absolute atomic E-state index is 0.0213. The molecule has 1 fully saturated rings. The van der Waals surface area contributed by atoms with Gasteiger partial charge < -0.3 is 20.9 Å². The van der Waals surface area contributed by atoms with Crippen molar-refractivity contribution in [3.63, 3.8) is 0 Å². The molecule has 0 aliphatic carbocycles. The third-order valence-corrected chi connectivity index (χ3v) is 4.41. The van der Waals surface area contributed by atoms with E-state index < -0.39 is 11.7 Å². The first-order valence-electron chi connectivity index (χ1n) is 9.15. The maximum Gasteiger partial charge on any atom is 0.417 e. The molecule has 1 aromatic heterocycles. The SMILES string of the molecule is CN=C(NCC(=O)NC(C)(C)C)NC1CCN(c2ncc(C(F)(F)F)cc2Cl)C1. The topological polar surface area (TPSA) is 81.6 Å². The highest BCUT2D eigenvalue weighted by atomic mass is 35.5. The van der Waals surface area contributed by atoms with Crippen LogP contribution in [0.15, 0.2) is 17.3 Å². The van der Waals surface area contributed by atoms with Crippen LogP contribution in [0.25, 0.3) is 0 Å². The van der Waals surface area contributed by atoms with Gasteiger partial charge in [0.05, 0.1) is 17.1 Å². The largest absolute Gasteiger partial charge is 0.417 e. The summed E-state index contributed by atoms with van der Waals surface area (Å²) in [6, 6.07) is 0.867. The second-order valence-electron chi connectivity index (χ2n) is 7.83. The lowest BCUT2D eigenvalue weighted by molar-refractivity contribution is -0.137. The molecule has 3 N–H and O–H groups in total. The number of rotatable bonds is 4. The van der Waals surface area contributed by atoms with Gasteiger partial charge in [0.15, 0.2) is 5.96 Å². The Labute approximate surface area is 173 Å². The van der Waals surface area contributed by atoms with Crippen molar-refractivity contribution in [3.8, 4) is 0 Å². The Morgan fingerprint density at radius 2 is 2.07 bits per heavy atom. The van der Waals surface area contributed by atoms with E-state index in [4.69, 9.17) is 11.6 Å². The van der Waals surface area contributed by atoms with E-state index in [1.165, 1.54) is 0 Å². The number of guanidine groups is 1. The van der Waals surface area contributed by atoms with E-state index in [0.29, 0.717) is 31.3 Å². The number of carbonyl (C=O) groups is 1. The van der Waals surface area contributed by atoms with Crippen LogP contribution in [-0.4, -0.2) is 55.1 Å². The molecule has 162 valence electrons. The van der Waals surface area contributed by atoms with E-state index in [1.54, 1.807) is 7.05 Å². The Bertz CT molecular complexity index is 763. The molecular weight excluding hydrogens is 409 g/mol. The summed E-state index contributed by atoms with van der Waals surface area (Å²) in [5.74, 6) is 0.623. The molecule has 1 atom stereocenters. The average Bonchev–Trinajstić information content (AvgIpc) is 3.04. The smallest absolute Gasteiger partial charge is 0.353 e. The summed E-state index contributed by atoms with van der Waals surface area (Å²) >= 11 is 6.03. The van der Waals surface area contributed by atoms with Gasteiger partial charge in [0.2, 0.25) is 5.91 Å². The molecule has 1 amide bonds. The first-order valence-corrected chi connectivity index (χ1v) is 9.53. The van der Waals surface area contributed by atoms with Gasteiger partial charge in [0, 0.05) is 37.9 Å². The fraction of sp³-hybridized carbons (Fsp3) is 0.611. The number of aliphatic imine (C=N–C) groups is 1. The quantitative estimate of drug-likeness (QED) is 0.501. The minimum atomic E-state index is -4.48. The monoisotopic (exact) mass is 434 g/mol. The highest BCUT2D eigenvalue weighted by Crippen LogP contribution is 2.34. The van der Waals surface area contributed by atoms with Crippen molar-refractivity contribution in [2.24, 2.45) is 4.99 Å². The molecule has 0 saturated carbocycles. The van der Waals surface area contributed by atoms with E-state index in [0.717, 1.165) is 12.3 Å². The van der Waals surface area contributed by atoms with Crippen molar-refractivity contribution in [3.05, 3.63) is 22.8 Å². The number of halogens is 4. The third kappa shape index (κ3) is 6.95. The first-order chi connectivity index (χ1) is 13.4. The number of carbonyl (C=O) groups excluding carboxylic acids is 1. The minimum Gasteiger partial charge on any atom is -0.353 e. The predicted molar refractivity (Wildman–Crippen MR) is 107 cm³/mol. The molecule has 7 nitrogen and oxygen atoms in total. The molecule has 1 saturated heterocycles. The van der Waals surface area contributed by atoms with E-state index in [9.17, 15) is 18.0 Å². The zero-order valence-electron chi connectivity index (χ0n) is 16.8. The molecule has 29 heavy (non-hydrogen) atoms. The van der Waals surface area contributed by atoms with Crippen LogP contribution in [-0.2, 0) is 11.0 Å². The van der Waals surface area contributed by atoms with Gasteiger partial charge in [-0.05, 0) is 33.3 Å². The maximum atomic E-state index is 12.8. The predicted octanol–water partition coefficient (Wildman–Crippen LogP) is 2.41. The zero-order valence-corrected chi connectivity index (χ0v) is 17.6. The molecule has 1 aliphatic heterocycles. The standard InChI is InChI=1S/C18H26ClF3N6O/c1-17(2,3)27-14(29)9-25-16(23-4)26-12-5-6-28(10-12)15-13(19)7-11(8-24-15)18(20,21)22/h7-8,12H,5-6,9-10H2,1-4H3,(H,27,29)(H2,23,25,26). The Morgan fingerprint density at radius 1 is 1.38 bits per heavy atom. The summed E-state index contributed by atoms with van der Waals surface area (Å²) in [4.78, 5) is 21.7. The van der Waals surface area contributed by atoms with Crippen LogP contribution in [0.2, 0.25) is 5.02 Å². The molecule has 0 spiro atoms. The molecule has 11 heteroatoms. The Morgan fingerprint density at radius 3 is 2.62 bits per heavy atom. The summed E-state index contributed by atoms with van der Waals surface area (Å²) in [5.41, 5.74) is -1.20. The van der Waals surface area contributed by atoms with E-state index in [1.807, 2.05) is 25.7 Å². The highest BCUT2D eigenvalue weighted by molar-refractivity contribution is 6.33. The van der Waals surface area contributed by atoms with E-state index in [2.05, 4.69) is 25.9 Å². The van der Waals surface area contributed by atoms with Crippen LogP contribution >= 0.6 is 11.6 Å². The lowest BCUT2D eigenvalue weighted by atomic mass is 10.1. The van der Waals surface area contributed by atoms with Crippen molar-refractivity contribution in [1.29, 1.82) is 0 Å². The van der Waals surface area contributed by atoms with E-state index in [-0.39, 0.29) is 29.1 Å². The fourth-order valence-corrected chi connectivity index (χ4v) is 3.19.